The Morgan fingerprint density at radius 3 is 2.68 bits per heavy atom. The predicted octanol–water partition coefficient (Wildman–Crippen LogP) is 1.97. The van der Waals surface area contributed by atoms with Crippen LogP contribution in [-0.2, 0) is 14.6 Å². The number of carbonyl (C=O) groups excluding carboxylic acids is 1. The minimum Gasteiger partial charge on any atom is -0.467 e. The highest BCUT2D eigenvalue weighted by Gasteiger charge is 2.12. The van der Waals surface area contributed by atoms with Crippen LogP contribution in [0.2, 0.25) is 0 Å². The van der Waals surface area contributed by atoms with Gasteiger partial charge in [0, 0.05) is 11.9 Å². The van der Waals surface area contributed by atoms with Gasteiger partial charge in [-0.3, -0.25) is 4.79 Å². The van der Waals surface area contributed by atoms with E-state index in [1.807, 2.05) is 6.92 Å². The van der Waals surface area contributed by atoms with Crippen LogP contribution >= 0.6 is 0 Å². The third kappa shape index (κ3) is 4.36. The van der Waals surface area contributed by atoms with E-state index in [0.717, 1.165) is 6.26 Å². The Hall–Kier alpha value is -2.28. The van der Waals surface area contributed by atoms with Gasteiger partial charge >= 0.3 is 0 Å². The summed E-state index contributed by atoms with van der Waals surface area (Å²) in [7, 11) is -3.27. The van der Waals surface area contributed by atoms with Crippen molar-refractivity contribution in [3.05, 3.63) is 48.4 Å². The lowest BCUT2D eigenvalue weighted by atomic mass is 10.2. The van der Waals surface area contributed by atoms with E-state index in [2.05, 4.69) is 10.6 Å². The monoisotopic (exact) mass is 322 g/mol. The Kier molecular flexibility index (Phi) is 4.87. The van der Waals surface area contributed by atoms with Gasteiger partial charge in [0.15, 0.2) is 9.84 Å². The van der Waals surface area contributed by atoms with E-state index in [1.54, 1.807) is 30.5 Å². The van der Waals surface area contributed by atoms with Crippen LogP contribution < -0.4 is 10.6 Å². The number of sulfone groups is 1. The lowest BCUT2D eigenvalue weighted by Crippen LogP contribution is -2.31. The minimum atomic E-state index is -3.27. The quantitative estimate of drug-likeness (QED) is 0.849. The first-order chi connectivity index (χ1) is 10.4. The van der Waals surface area contributed by atoms with Crippen LogP contribution in [0.4, 0.5) is 5.69 Å². The van der Waals surface area contributed by atoms with Crippen LogP contribution in [0.1, 0.15) is 18.7 Å². The van der Waals surface area contributed by atoms with Crippen LogP contribution in [-0.4, -0.2) is 27.1 Å². The molecule has 2 aromatic rings. The van der Waals surface area contributed by atoms with E-state index < -0.39 is 9.84 Å². The standard InChI is InChI=1S/C15H18N2O4S/c1-11(14-7-4-8-21-14)17-15(18)10-16-12-5-3-6-13(9-12)22(2,19)20/h3-9,11,16H,10H2,1-2H3,(H,17,18)/t11-/m0/s1. The first-order valence-electron chi connectivity index (χ1n) is 6.73. The predicted molar refractivity (Wildman–Crippen MR) is 83.3 cm³/mol. The molecule has 0 aliphatic rings. The summed E-state index contributed by atoms with van der Waals surface area (Å²) in [5.74, 6) is 0.459. The third-order valence-corrected chi connectivity index (χ3v) is 4.17. The SMILES string of the molecule is C[C@H](NC(=O)CNc1cccc(S(C)(=O)=O)c1)c1ccco1. The molecule has 6 nitrogen and oxygen atoms in total. The fourth-order valence-corrected chi connectivity index (χ4v) is 2.59. The first-order valence-corrected chi connectivity index (χ1v) is 8.62. The molecule has 1 amide bonds. The molecule has 0 bridgehead atoms. The number of benzene rings is 1. The number of amides is 1. The minimum absolute atomic E-state index is 0.0399. The van der Waals surface area contributed by atoms with Crippen molar-refractivity contribution in [2.24, 2.45) is 0 Å². The molecule has 2 N–H and O–H groups in total. The molecule has 1 aromatic heterocycles. The van der Waals surface area contributed by atoms with Gasteiger partial charge in [0.05, 0.1) is 23.7 Å². The van der Waals surface area contributed by atoms with Crippen LogP contribution in [0.3, 0.4) is 0 Å². The largest absolute Gasteiger partial charge is 0.467 e. The first kappa shape index (κ1) is 16.1. The number of hydrogen-bond acceptors (Lipinski definition) is 5. The van der Waals surface area contributed by atoms with E-state index in [1.165, 1.54) is 12.1 Å². The van der Waals surface area contributed by atoms with Crippen molar-refractivity contribution in [2.75, 3.05) is 18.1 Å². The molecule has 22 heavy (non-hydrogen) atoms. The molecule has 7 heteroatoms. The van der Waals surface area contributed by atoms with Crippen molar-refractivity contribution >= 4 is 21.4 Å². The summed E-state index contributed by atoms with van der Waals surface area (Å²) in [6.45, 7) is 1.86. The topological polar surface area (TPSA) is 88.4 Å². The Morgan fingerprint density at radius 1 is 1.27 bits per heavy atom. The maximum atomic E-state index is 11.9. The van der Waals surface area contributed by atoms with Crippen molar-refractivity contribution in [2.45, 2.75) is 17.9 Å². The van der Waals surface area contributed by atoms with Gasteiger partial charge < -0.3 is 15.1 Å². The maximum absolute atomic E-state index is 11.9. The maximum Gasteiger partial charge on any atom is 0.239 e. The Morgan fingerprint density at radius 2 is 2.05 bits per heavy atom. The zero-order valence-electron chi connectivity index (χ0n) is 12.4. The molecule has 2 rings (SSSR count). The van der Waals surface area contributed by atoms with Gasteiger partial charge in [-0.2, -0.15) is 0 Å². The molecule has 0 saturated heterocycles. The average molecular weight is 322 g/mol. The molecule has 0 unspecified atom stereocenters. The van der Waals surface area contributed by atoms with Gasteiger partial charge in [-0.05, 0) is 37.3 Å². The molecule has 118 valence electrons. The Labute approximate surface area is 129 Å². The van der Waals surface area contributed by atoms with E-state index in [-0.39, 0.29) is 23.4 Å². The summed E-state index contributed by atoms with van der Waals surface area (Å²) < 4.78 is 28.2. The van der Waals surface area contributed by atoms with Crippen molar-refractivity contribution in [3.8, 4) is 0 Å². The fourth-order valence-electron chi connectivity index (χ4n) is 1.92. The van der Waals surface area contributed by atoms with Gasteiger partial charge in [0.25, 0.3) is 0 Å². The molecule has 0 spiro atoms. The van der Waals surface area contributed by atoms with Gasteiger partial charge in [-0.25, -0.2) is 8.42 Å². The zero-order chi connectivity index (χ0) is 16.2. The molecule has 0 aliphatic carbocycles. The molecule has 0 radical (unpaired) electrons. The van der Waals surface area contributed by atoms with E-state index in [9.17, 15) is 13.2 Å². The zero-order valence-corrected chi connectivity index (χ0v) is 13.2. The molecule has 1 heterocycles. The van der Waals surface area contributed by atoms with Gasteiger partial charge in [-0.15, -0.1) is 0 Å². The Bertz CT molecular complexity index is 739. The number of hydrogen-bond donors (Lipinski definition) is 2. The van der Waals surface area contributed by atoms with E-state index >= 15 is 0 Å². The second-order valence-corrected chi connectivity index (χ2v) is 6.97. The normalized spacial score (nSPS) is 12.6. The molecule has 0 aliphatic heterocycles. The van der Waals surface area contributed by atoms with Crippen molar-refractivity contribution in [1.29, 1.82) is 0 Å². The van der Waals surface area contributed by atoms with Crippen LogP contribution in [0.5, 0.6) is 0 Å². The molecular formula is C15H18N2O4S. The van der Waals surface area contributed by atoms with Gasteiger partial charge in [0.2, 0.25) is 5.91 Å². The molecular weight excluding hydrogens is 304 g/mol. The number of nitrogens with one attached hydrogen (secondary N) is 2. The summed E-state index contributed by atoms with van der Waals surface area (Å²) >= 11 is 0. The molecule has 0 saturated carbocycles. The van der Waals surface area contributed by atoms with Gasteiger partial charge in [-0.1, -0.05) is 6.07 Å². The second kappa shape index (κ2) is 6.65. The lowest BCUT2D eigenvalue weighted by molar-refractivity contribution is -0.120. The van der Waals surface area contributed by atoms with Gasteiger partial charge in [0.1, 0.15) is 5.76 Å². The number of anilines is 1. The van der Waals surface area contributed by atoms with Crippen LogP contribution in [0.15, 0.2) is 52.0 Å². The highest BCUT2D eigenvalue weighted by atomic mass is 32.2. The number of rotatable bonds is 6. The van der Waals surface area contributed by atoms with E-state index in [4.69, 9.17) is 4.42 Å². The van der Waals surface area contributed by atoms with Crippen LogP contribution in [0, 0.1) is 0 Å². The molecule has 0 fully saturated rings. The second-order valence-electron chi connectivity index (χ2n) is 4.96. The fraction of sp³-hybridized carbons (Fsp3) is 0.267. The van der Waals surface area contributed by atoms with Crippen LogP contribution in [0.25, 0.3) is 0 Å². The molecule has 1 atom stereocenters. The summed E-state index contributed by atoms with van der Waals surface area (Å²) in [6, 6.07) is 9.66. The summed E-state index contributed by atoms with van der Waals surface area (Å²) in [5.41, 5.74) is 0.573. The smallest absolute Gasteiger partial charge is 0.239 e. The summed E-state index contributed by atoms with van der Waals surface area (Å²) in [6.07, 6.45) is 2.69. The summed E-state index contributed by atoms with van der Waals surface area (Å²) in [5, 5.41) is 5.68. The lowest BCUT2D eigenvalue weighted by Gasteiger charge is -2.12. The highest BCUT2D eigenvalue weighted by molar-refractivity contribution is 7.90. The van der Waals surface area contributed by atoms with Crippen molar-refractivity contribution in [3.63, 3.8) is 0 Å². The average Bonchev–Trinajstić information content (AvgIpc) is 2.99. The Balaban J connectivity index is 1.91. The molecule has 1 aromatic carbocycles. The highest BCUT2D eigenvalue weighted by Crippen LogP contribution is 2.15. The van der Waals surface area contributed by atoms with Crippen molar-refractivity contribution in [1.82, 2.24) is 5.32 Å². The van der Waals surface area contributed by atoms with Crippen molar-refractivity contribution < 1.29 is 17.6 Å². The third-order valence-electron chi connectivity index (χ3n) is 3.06. The van der Waals surface area contributed by atoms with E-state index in [0.29, 0.717) is 11.4 Å². The summed E-state index contributed by atoms with van der Waals surface area (Å²) in [4.78, 5) is 12.1. The number of carbonyl (C=O) groups is 1. The number of furan rings is 1.